The Kier molecular flexibility index (Phi) is 4.60. The summed E-state index contributed by atoms with van der Waals surface area (Å²) in [5.41, 5.74) is 9.18. The lowest BCUT2D eigenvalue weighted by molar-refractivity contribution is -0.00289. The number of rotatable bonds is 6. The van der Waals surface area contributed by atoms with E-state index in [1.54, 1.807) is 12.1 Å². The molecule has 0 saturated carbocycles. The summed E-state index contributed by atoms with van der Waals surface area (Å²) in [5.74, 6) is -0.0141. The standard InChI is InChI=1S/C12H18N2O2Si/c1-4-17(5-2,6-3)12(14-13)11(15)10-8-7-9-16-10/h7-9H,4-6H2,1-3H3. The van der Waals surface area contributed by atoms with Gasteiger partial charge in [-0.25, -0.2) is 0 Å². The molecule has 0 aliphatic rings. The minimum atomic E-state index is -1.98. The predicted octanol–water partition coefficient (Wildman–Crippen LogP) is 3.18. The lowest BCUT2D eigenvalue weighted by Gasteiger charge is -2.20. The first kappa shape index (κ1) is 13.6. The molecule has 1 aromatic heterocycles. The van der Waals surface area contributed by atoms with Gasteiger partial charge in [0, 0.05) is 0 Å². The molecule has 1 aromatic rings. The fraction of sp³-hybridized carbons (Fsp3) is 0.500. The van der Waals surface area contributed by atoms with Gasteiger partial charge in [-0.05, 0) is 30.3 Å². The van der Waals surface area contributed by atoms with Crippen LogP contribution in [-0.4, -0.2) is 24.0 Å². The smallest absolute Gasteiger partial charge is 0.308 e. The van der Waals surface area contributed by atoms with Gasteiger partial charge >= 0.3 is 5.33 Å². The van der Waals surface area contributed by atoms with E-state index in [2.05, 4.69) is 25.6 Å². The van der Waals surface area contributed by atoms with Gasteiger partial charge in [0.2, 0.25) is 0 Å². The van der Waals surface area contributed by atoms with Gasteiger partial charge in [0.25, 0.3) is 5.78 Å². The summed E-state index contributed by atoms with van der Waals surface area (Å²) in [7, 11) is -1.98. The van der Waals surface area contributed by atoms with Crippen LogP contribution in [0, 0.1) is 0 Å². The highest BCUT2D eigenvalue weighted by atomic mass is 28.3. The van der Waals surface area contributed by atoms with Crippen LogP contribution in [-0.2, 0) is 0 Å². The fourth-order valence-corrected chi connectivity index (χ4v) is 5.49. The Balaban J connectivity index is 3.16. The summed E-state index contributed by atoms with van der Waals surface area (Å²) in [4.78, 5) is 15.5. The van der Waals surface area contributed by atoms with E-state index >= 15 is 0 Å². The van der Waals surface area contributed by atoms with Crippen LogP contribution in [0.4, 0.5) is 0 Å². The van der Waals surface area contributed by atoms with Crippen LogP contribution < -0.4 is 0 Å². The molecule has 0 bridgehead atoms. The lowest BCUT2D eigenvalue weighted by Crippen LogP contribution is -2.47. The summed E-state index contributed by atoms with van der Waals surface area (Å²) in [6.45, 7) is 6.17. The lowest BCUT2D eigenvalue weighted by atomic mass is 10.3. The molecule has 4 nitrogen and oxygen atoms in total. The van der Waals surface area contributed by atoms with Crippen molar-refractivity contribution in [2.45, 2.75) is 38.9 Å². The molecule has 0 saturated heterocycles. The van der Waals surface area contributed by atoms with E-state index in [9.17, 15) is 10.3 Å². The Hall–Kier alpha value is -1.45. The van der Waals surface area contributed by atoms with E-state index in [4.69, 9.17) is 4.42 Å². The van der Waals surface area contributed by atoms with E-state index in [0.717, 1.165) is 18.1 Å². The summed E-state index contributed by atoms with van der Waals surface area (Å²) in [6, 6.07) is 5.95. The molecule has 0 atom stereocenters. The zero-order chi connectivity index (χ0) is 12.9. The second-order valence-corrected chi connectivity index (χ2v) is 9.25. The van der Waals surface area contributed by atoms with Gasteiger partial charge in [-0.15, -0.1) is 0 Å². The number of carbonyl (C=O) groups is 1. The zero-order valence-electron chi connectivity index (χ0n) is 10.6. The van der Waals surface area contributed by atoms with Gasteiger partial charge in [0.05, 0.1) is 6.26 Å². The highest BCUT2D eigenvalue weighted by Gasteiger charge is 2.46. The normalized spacial score (nSPS) is 11.0. The number of hydrogen-bond donors (Lipinski definition) is 0. The molecule has 0 unspecified atom stereocenters. The molecule has 1 rings (SSSR count). The number of hydrogen-bond acceptors (Lipinski definition) is 2. The number of carbonyl (C=O) groups excluding carboxylic acids is 1. The SMILES string of the molecule is CC[Si](CC)(CC)C(=[N+]=[N-])C(=O)c1ccco1. The van der Waals surface area contributed by atoms with Crippen molar-refractivity contribution in [2.75, 3.05) is 0 Å². The Morgan fingerprint density at radius 3 is 2.29 bits per heavy atom. The van der Waals surface area contributed by atoms with Gasteiger partial charge in [0.15, 0.2) is 13.8 Å². The molecule has 0 radical (unpaired) electrons. The van der Waals surface area contributed by atoms with E-state index < -0.39 is 8.07 Å². The van der Waals surface area contributed by atoms with Crippen molar-refractivity contribution >= 4 is 19.2 Å². The molecule has 0 aliphatic carbocycles. The molecule has 1 heterocycles. The molecular weight excluding hydrogens is 232 g/mol. The molecule has 0 N–H and O–H groups in total. The largest absolute Gasteiger partial charge is 0.461 e. The summed E-state index contributed by atoms with van der Waals surface area (Å²) < 4.78 is 5.09. The Morgan fingerprint density at radius 1 is 1.35 bits per heavy atom. The molecular formula is C12H18N2O2Si. The van der Waals surface area contributed by atoms with Crippen LogP contribution in [0.1, 0.15) is 31.3 Å². The minimum Gasteiger partial charge on any atom is -0.461 e. The van der Waals surface area contributed by atoms with Crippen molar-refractivity contribution in [3.05, 3.63) is 29.7 Å². The van der Waals surface area contributed by atoms with Crippen LogP contribution >= 0.6 is 0 Å². The van der Waals surface area contributed by atoms with Crippen LogP contribution in [0.2, 0.25) is 18.1 Å². The molecule has 5 heteroatoms. The van der Waals surface area contributed by atoms with E-state index in [-0.39, 0.29) is 11.5 Å². The third-order valence-electron chi connectivity index (χ3n) is 3.59. The summed E-state index contributed by atoms with van der Waals surface area (Å²) >= 11 is 0. The second-order valence-electron chi connectivity index (χ2n) is 4.10. The highest BCUT2D eigenvalue weighted by molar-refractivity contribution is 7.14. The van der Waals surface area contributed by atoms with E-state index in [1.165, 1.54) is 6.26 Å². The van der Waals surface area contributed by atoms with Crippen molar-refractivity contribution < 1.29 is 14.0 Å². The van der Waals surface area contributed by atoms with Crippen molar-refractivity contribution in [3.63, 3.8) is 0 Å². The zero-order valence-corrected chi connectivity index (χ0v) is 11.6. The van der Waals surface area contributed by atoms with E-state index in [0.29, 0.717) is 5.33 Å². The number of furan rings is 1. The van der Waals surface area contributed by atoms with E-state index in [1.807, 2.05) is 0 Å². The quantitative estimate of drug-likeness (QED) is 0.256. The molecule has 0 aliphatic heterocycles. The van der Waals surface area contributed by atoms with Crippen LogP contribution in [0.5, 0.6) is 0 Å². The monoisotopic (exact) mass is 250 g/mol. The van der Waals surface area contributed by atoms with Crippen molar-refractivity contribution in [2.24, 2.45) is 0 Å². The van der Waals surface area contributed by atoms with Crippen molar-refractivity contribution in [3.8, 4) is 0 Å². The second kappa shape index (κ2) is 5.75. The first-order chi connectivity index (χ1) is 8.15. The highest BCUT2D eigenvalue weighted by Crippen LogP contribution is 2.23. The molecule has 0 spiro atoms. The first-order valence-corrected chi connectivity index (χ1v) is 8.58. The van der Waals surface area contributed by atoms with Gasteiger partial charge in [-0.3, -0.25) is 4.79 Å². The Bertz CT molecular complexity index is 421. The summed E-state index contributed by atoms with van der Waals surface area (Å²) in [6.07, 6.45) is 1.45. The molecule has 92 valence electrons. The minimum absolute atomic E-state index is 0.255. The Labute approximate surface area is 102 Å². The molecule has 0 aromatic carbocycles. The molecule has 17 heavy (non-hydrogen) atoms. The maximum absolute atomic E-state index is 12.2. The average molecular weight is 250 g/mol. The third-order valence-corrected chi connectivity index (χ3v) is 8.99. The molecule has 0 amide bonds. The van der Waals surface area contributed by atoms with Gasteiger partial charge < -0.3 is 9.95 Å². The number of ketones is 1. The third kappa shape index (κ3) is 2.45. The maximum Gasteiger partial charge on any atom is 0.308 e. The number of Topliss-reactive ketones (excluding diaryl/α,β-unsaturated/α-hetero) is 1. The Morgan fingerprint density at radius 2 is 1.94 bits per heavy atom. The van der Waals surface area contributed by atoms with Gasteiger partial charge in [-0.1, -0.05) is 20.8 Å². The summed E-state index contributed by atoms with van der Waals surface area (Å²) in [5, 5.41) is 0.333. The van der Waals surface area contributed by atoms with Gasteiger partial charge in [-0.2, -0.15) is 4.79 Å². The van der Waals surface area contributed by atoms with Crippen molar-refractivity contribution in [1.82, 2.24) is 0 Å². The predicted molar refractivity (Wildman–Crippen MR) is 68.9 cm³/mol. The molecule has 0 fully saturated rings. The van der Waals surface area contributed by atoms with Crippen LogP contribution in [0.3, 0.4) is 0 Å². The fourth-order valence-electron chi connectivity index (χ4n) is 2.17. The topological polar surface area (TPSA) is 66.6 Å². The maximum atomic E-state index is 12.2. The average Bonchev–Trinajstić information content (AvgIpc) is 2.89. The first-order valence-electron chi connectivity index (χ1n) is 5.95. The van der Waals surface area contributed by atoms with Crippen LogP contribution in [0.15, 0.2) is 22.8 Å². The van der Waals surface area contributed by atoms with Crippen molar-refractivity contribution in [1.29, 1.82) is 0 Å². The number of nitrogens with zero attached hydrogens (tertiary/aromatic N) is 2. The van der Waals surface area contributed by atoms with Gasteiger partial charge in [0.1, 0.15) is 0 Å². The van der Waals surface area contributed by atoms with Crippen LogP contribution in [0.25, 0.3) is 5.53 Å².